The van der Waals surface area contributed by atoms with Gasteiger partial charge in [-0.05, 0) is 38.1 Å². The fourth-order valence-electron chi connectivity index (χ4n) is 5.10. The summed E-state index contributed by atoms with van der Waals surface area (Å²) in [5, 5.41) is 14.6. The number of fused-ring (bicyclic) bond motifs is 4. The lowest BCUT2D eigenvalue weighted by atomic mass is 9.72. The summed E-state index contributed by atoms with van der Waals surface area (Å²) >= 11 is 0. The number of nitrogens with one attached hydrogen (secondary N) is 2. The molecule has 0 unspecified atom stereocenters. The highest BCUT2D eigenvalue weighted by molar-refractivity contribution is 5.89. The Hall–Kier alpha value is -1.71. The van der Waals surface area contributed by atoms with Gasteiger partial charge in [0.2, 0.25) is 11.8 Å². The van der Waals surface area contributed by atoms with E-state index in [0.717, 1.165) is 51.1 Å². The van der Waals surface area contributed by atoms with E-state index in [4.69, 9.17) is 4.74 Å². The molecule has 3 aliphatic rings. The fourth-order valence-corrected chi connectivity index (χ4v) is 5.10. The number of piperidine rings is 3. The molecule has 0 saturated carbocycles. The predicted octanol–water partition coefficient (Wildman–Crippen LogP) is 0.342. The van der Waals surface area contributed by atoms with E-state index in [-0.39, 0.29) is 42.2 Å². The van der Waals surface area contributed by atoms with Crippen LogP contribution in [0, 0.1) is 11.8 Å². The molecule has 2 bridgehead atoms. The first kappa shape index (κ1) is 22.0. The quantitative estimate of drug-likeness (QED) is 0.610. The average molecular weight is 427 g/mol. The molecule has 4 heterocycles. The highest BCUT2D eigenvalue weighted by atomic mass is 35.5. The highest BCUT2D eigenvalue weighted by Crippen LogP contribution is 2.39. The molecular formula is C19H31ClN6O3. The van der Waals surface area contributed by atoms with Crippen molar-refractivity contribution in [2.75, 3.05) is 26.8 Å². The Kier molecular flexibility index (Phi) is 7.48. The van der Waals surface area contributed by atoms with E-state index < -0.39 is 0 Å². The van der Waals surface area contributed by atoms with Crippen LogP contribution in [0.15, 0.2) is 6.33 Å². The van der Waals surface area contributed by atoms with Crippen LogP contribution in [-0.4, -0.2) is 70.4 Å². The molecular weight excluding hydrogens is 396 g/mol. The second-order valence-electron chi connectivity index (χ2n) is 8.12. The van der Waals surface area contributed by atoms with Gasteiger partial charge in [0.05, 0.1) is 6.54 Å². The largest absolute Gasteiger partial charge is 0.385 e. The molecule has 3 fully saturated rings. The number of carbonyl (C=O) groups excluding carboxylic acids is 2. The third-order valence-electron chi connectivity index (χ3n) is 6.38. The SMILES string of the molecule is COCCCn1cnnc1CNC(=O)[C@H]1[C@@H]2CNC[C@@H](C2)[C@@H]2CCCC(=O)N21.Cl. The molecule has 9 nitrogen and oxygen atoms in total. The van der Waals surface area contributed by atoms with Crippen molar-refractivity contribution in [3.05, 3.63) is 12.2 Å². The zero-order valence-corrected chi connectivity index (χ0v) is 17.7. The molecule has 3 aliphatic heterocycles. The van der Waals surface area contributed by atoms with Gasteiger partial charge in [0.15, 0.2) is 5.82 Å². The second kappa shape index (κ2) is 9.86. The van der Waals surface area contributed by atoms with Gasteiger partial charge < -0.3 is 24.8 Å². The third kappa shape index (κ3) is 4.57. The number of ether oxygens (including phenoxy) is 1. The summed E-state index contributed by atoms with van der Waals surface area (Å²) in [6.07, 6.45) is 6.05. The molecule has 1 aromatic rings. The van der Waals surface area contributed by atoms with Gasteiger partial charge in [-0.25, -0.2) is 0 Å². The lowest BCUT2D eigenvalue weighted by Crippen LogP contribution is -2.67. The second-order valence-corrected chi connectivity index (χ2v) is 8.12. The van der Waals surface area contributed by atoms with Gasteiger partial charge in [-0.3, -0.25) is 9.59 Å². The minimum absolute atomic E-state index is 0. The van der Waals surface area contributed by atoms with Gasteiger partial charge >= 0.3 is 0 Å². The minimum atomic E-state index is -0.383. The smallest absolute Gasteiger partial charge is 0.243 e. The maximum atomic E-state index is 13.2. The van der Waals surface area contributed by atoms with Gasteiger partial charge in [0, 0.05) is 45.2 Å². The maximum Gasteiger partial charge on any atom is 0.243 e. The van der Waals surface area contributed by atoms with Crippen molar-refractivity contribution in [2.45, 2.75) is 57.3 Å². The molecule has 0 spiro atoms. The van der Waals surface area contributed by atoms with Crippen LogP contribution < -0.4 is 10.6 Å². The number of hydrogen-bond donors (Lipinski definition) is 2. The fraction of sp³-hybridized carbons (Fsp3) is 0.789. The summed E-state index contributed by atoms with van der Waals surface area (Å²) in [5.74, 6) is 1.43. The normalized spacial score (nSPS) is 28.4. The molecule has 2 amide bonds. The zero-order valence-electron chi connectivity index (χ0n) is 16.9. The van der Waals surface area contributed by atoms with Crippen molar-refractivity contribution < 1.29 is 14.3 Å². The highest BCUT2D eigenvalue weighted by Gasteiger charge is 2.50. The number of halogens is 1. The van der Waals surface area contributed by atoms with Crippen LogP contribution in [-0.2, 0) is 27.4 Å². The monoisotopic (exact) mass is 426 g/mol. The van der Waals surface area contributed by atoms with E-state index in [1.54, 1.807) is 13.4 Å². The first-order valence-electron chi connectivity index (χ1n) is 10.3. The Morgan fingerprint density at radius 3 is 3.03 bits per heavy atom. The van der Waals surface area contributed by atoms with Gasteiger partial charge in [-0.15, -0.1) is 22.6 Å². The summed E-state index contributed by atoms with van der Waals surface area (Å²) in [4.78, 5) is 27.8. The summed E-state index contributed by atoms with van der Waals surface area (Å²) < 4.78 is 7.03. The minimum Gasteiger partial charge on any atom is -0.385 e. The molecule has 1 aromatic heterocycles. The Labute approximate surface area is 177 Å². The molecule has 0 aromatic carbocycles. The van der Waals surface area contributed by atoms with Crippen LogP contribution >= 0.6 is 12.4 Å². The number of methoxy groups -OCH3 is 1. The van der Waals surface area contributed by atoms with Gasteiger partial charge in [0.1, 0.15) is 12.4 Å². The number of hydrogen-bond acceptors (Lipinski definition) is 6. The Morgan fingerprint density at radius 1 is 1.38 bits per heavy atom. The van der Waals surface area contributed by atoms with E-state index in [1.807, 2.05) is 9.47 Å². The van der Waals surface area contributed by atoms with Crippen molar-refractivity contribution in [2.24, 2.45) is 11.8 Å². The van der Waals surface area contributed by atoms with Gasteiger partial charge in [0.25, 0.3) is 0 Å². The molecule has 4 atom stereocenters. The Balaban J connectivity index is 0.00000240. The summed E-state index contributed by atoms with van der Waals surface area (Å²) in [7, 11) is 1.68. The van der Waals surface area contributed by atoms with Crippen molar-refractivity contribution in [1.29, 1.82) is 0 Å². The van der Waals surface area contributed by atoms with E-state index in [1.165, 1.54) is 0 Å². The Bertz CT molecular complexity index is 714. The van der Waals surface area contributed by atoms with Crippen molar-refractivity contribution >= 4 is 24.2 Å². The number of rotatable bonds is 7. The molecule has 2 N–H and O–H groups in total. The standard InChI is InChI=1S/C19H30N6O3.ClH/c1-28-7-3-6-24-12-22-23-16(24)11-21-19(27)18-14-8-13(9-20-10-14)15-4-2-5-17(26)25(15)18;/h12-15,18,20H,2-11H2,1H3,(H,21,27);1H/t13-,14+,15+,18-;/m1./s1. The van der Waals surface area contributed by atoms with E-state index in [2.05, 4.69) is 20.8 Å². The molecule has 4 rings (SSSR count). The number of aryl methyl sites for hydroxylation is 1. The van der Waals surface area contributed by atoms with Crippen molar-refractivity contribution in [3.8, 4) is 0 Å². The lowest BCUT2D eigenvalue weighted by Gasteiger charge is -2.53. The summed E-state index contributed by atoms with van der Waals surface area (Å²) in [6, 6.07) is -0.189. The third-order valence-corrected chi connectivity index (χ3v) is 6.38. The molecule has 162 valence electrons. The molecule has 10 heteroatoms. The van der Waals surface area contributed by atoms with Crippen LogP contribution in [0.4, 0.5) is 0 Å². The topological polar surface area (TPSA) is 101 Å². The molecule has 29 heavy (non-hydrogen) atoms. The van der Waals surface area contributed by atoms with Crippen LogP contribution in [0.1, 0.15) is 37.9 Å². The summed E-state index contributed by atoms with van der Waals surface area (Å²) in [5.41, 5.74) is 0. The van der Waals surface area contributed by atoms with Crippen LogP contribution in [0.5, 0.6) is 0 Å². The zero-order chi connectivity index (χ0) is 19.5. The number of aromatic nitrogens is 3. The number of carbonyl (C=O) groups is 2. The first-order chi connectivity index (χ1) is 13.7. The first-order valence-corrected chi connectivity index (χ1v) is 10.3. The van der Waals surface area contributed by atoms with Crippen LogP contribution in [0.2, 0.25) is 0 Å². The Morgan fingerprint density at radius 2 is 2.21 bits per heavy atom. The number of amides is 2. The van der Waals surface area contributed by atoms with Crippen molar-refractivity contribution in [3.63, 3.8) is 0 Å². The van der Waals surface area contributed by atoms with Gasteiger partial charge in [-0.1, -0.05) is 0 Å². The van der Waals surface area contributed by atoms with E-state index in [9.17, 15) is 9.59 Å². The van der Waals surface area contributed by atoms with Crippen molar-refractivity contribution in [1.82, 2.24) is 30.3 Å². The predicted molar refractivity (Wildman–Crippen MR) is 108 cm³/mol. The van der Waals surface area contributed by atoms with E-state index >= 15 is 0 Å². The maximum absolute atomic E-state index is 13.2. The molecule has 3 saturated heterocycles. The van der Waals surface area contributed by atoms with Gasteiger partial charge in [-0.2, -0.15) is 0 Å². The molecule has 0 radical (unpaired) electrons. The molecule has 0 aliphatic carbocycles. The van der Waals surface area contributed by atoms with Crippen LogP contribution in [0.3, 0.4) is 0 Å². The van der Waals surface area contributed by atoms with Crippen LogP contribution in [0.25, 0.3) is 0 Å². The summed E-state index contributed by atoms with van der Waals surface area (Å²) in [6.45, 7) is 3.47. The average Bonchev–Trinajstić information content (AvgIpc) is 3.15. The lowest BCUT2D eigenvalue weighted by molar-refractivity contribution is -0.157. The van der Waals surface area contributed by atoms with E-state index in [0.29, 0.717) is 25.5 Å². The number of nitrogens with zero attached hydrogens (tertiary/aromatic N) is 4.